The molecule has 0 atom stereocenters. The highest BCUT2D eigenvalue weighted by atomic mass is 16.5. The van der Waals surface area contributed by atoms with Gasteiger partial charge >= 0.3 is 0 Å². The van der Waals surface area contributed by atoms with Gasteiger partial charge in [0.2, 0.25) is 0 Å². The van der Waals surface area contributed by atoms with E-state index in [0.29, 0.717) is 17.1 Å². The molecule has 0 N–H and O–H groups in total. The predicted molar refractivity (Wildman–Crippen MR) is 113 cm³/mol. The van der Waals surface area contributed by atoms with Crippen LogP contribution in [0.15, 0.2) is 53.3 Å². The lowest BCUT2D eigenvalue weighted by Crippen LogP contribution is -2.40. The standard InChI is InChI=1S/C23H25N3O3/c1-16-11-13-26(14-12-16)21(27)15-29-18-9-7-17(8-10-18)22-19-5-3-4-6-20(19)23(28)25(2)24-22/h3-10,16H,11-15H2,1-2H3. The van der Waals surface area contributed by atoms with Crippen molar-refractivity contribution in [2.24, 2.45) is 13.0 Å². The average Bonchev–Trinajstić information content (AvgIpc) is 2.75. The summed E-state index contributed by atoms with van der Waals surface area (Å²) in [6.45, 7) is 3.90. The maximum atomic E-state index is 12.3. The summed E-state index contributed by atoms with van der Waals surface area (Å²) in [7, 11) is 1.66. The Bertz CT molecular complexity index is 1080. The number of hydrogen-bond donors (Lipinski definition) is 0. The zero-order valence-electron chi connectivity index (χ0n) is 16.8. The second-order valence-corrected chi connectivity index (χ2v) is 7.70. The molecule has 29 heavy (non-hydrogen) atoms. The Labute approximate surface area is 169 Å². The fourth-order valence-electron chi connectivity index (χ4n) is 3.72. The fourth-order valence-corrected chi connectivity index (χ4v) is 3.72. The maximum absolute atomic E-state index is 12.3. The third kappa shape index (κ3) is 4.01. The first-order valence-corrected chi connectivity index (χ1v) is 10.00. The van der Waals surface area contributed by atoms with E-state index < -0.39 is 0 Å². The lowest BCUT2D eigenvalue weighted by Gasteiger charge is -2.30. The van der Waals surface area contributed by atoms with Crippen molar-refractivity contribution >= 4 is 16.7 Å². The molecule has 1 aliphatic heterocycles. The lowest BCUT2D eigenvalue weighted by molar-refractivity contribution is -0.134. The molecule has 0 radical (unpaired) electrons. The fraction of sp³-hybridized carbons (Fsp3) is 0.348. The molecule has 1 aliphatic rings. The maximum Gasteiger partial charge on any atom is 0.274 e. The average molecular weight is 391 g/mol. The van der Waals surface area contributed by atoms with Crippen molar-refractivity contribution in [3.05, 3.63) is 58.9 Å². The summed E-state index contributed by atoms with van der Waals surface area (Å²) >= 11 is 0. The van der Waals surface area contributed by atoms with Gasteiger partial charge in [0.25, 0.3) is 11.5 Å². The second-order valence-electron chi connectivity index (χ2n) is 7.70. The number of hydrogen-bond acceptors (Lipinski definition) is 4. The summed E-state index contributed by atoms with van der Waals surface area (Å²) in [5.74, 6) is 1.36. The molecule has 1 fully saturated rings. The molecule has 4 rings (SSSR count). The van der Waals surface area contributed by atoms with Gasteiger partial charge in [0.15, 0.2) is 6.61 Å². The number of aryl methyl sites for hydroxylation is 1. The number of nitrogens with zero attached hydrogens (tertiary/aromatic N) is 3. The molecular weight excluding hydrogens is 366 g/mol. The number of fused-ring (bicyclic) bond motifs is 1. The van der Waals surface area contributed by atoms with Crippen LogP contribution in [0.25, 0.3) is 22.0 Å². The van der Waals surface area contributed by atoms with Gasteiger partial charge in [-0.1, -0.05) is 25.1 Å². The van der Waals surface area contributed by atoms with Gasteiger partial charge in [0.05, 0.1) is 11.1 Å². The van der Waals surface area contributed by atoms with Crippen molar-refractivity contribution in [2.45, 2.75) is 19.8 Å². The number of carbonyl (C=O) groups is 1. The highest BCUT2D eigenvalue weighted by molar-refractivity contribution is 5.93. The lowest BCUT2D eigenvalue weighted by atomic mass is 9.99. The van der Waals surface area contributed by atoms with Crippen LogP contribution < -0.4 is 10.3 Å². The van der Waals surface area contributed by atoms with Gasteiger partial charge in [0, 0.05) is 31.1 Å². The molecule has 2 heterocycles. The van der Waals surface area contributed by atoms with Crippen LogP contribution in [0.4, 0.5) is 0 Å². The minimum absolute atomic E-state index is 0.0340. The molecule has 1 amide bonds. The molecular formula is C23H25N3O3. The van der Waals surface area contributed by atoms with E-state index in [1.54, 1.807) is 7.05 Å². The summed E-state index contributed by atoms with van der Waals surface area (Å²) in [6, 6.07) is 14.9. The van der Waals surface area contributed by atoms with Crippen molar-refractivity contribution in [3.8, 4) is 17.0 Å². The molecule has 0 aliphatic carbocycles. The van der Waals surface area contributed by atoms with E-state index in [9.17, 15) is 9.59 Å². The van der Waals surface area contributed by atoms with E-state index >= 15 is 0 Å². The van der Waals surface area contributed by atoms with Crippen LogP contribution in [-0.4, -0.2) is 40.3 Å². The van der Waals surface area contributed by atoms with Crippen LogP contribution in [0.1, 0.15) is 19.8 Å². The second kappa shape index (κ2) is 8.07. The molecule has 2 aromatic carbocycles. The van der Waals surface area contributed by atoms with Gasteiger partial charge in [0.1, 0.15) is 5.75 Å². The van der Waals surface area contributed by atoms with Gasteiger partial charge in [-0.05, 0) is 49.1 Å². The Morgan fingerprint density at radius 1 is 1.07 bits per heavy atom. The van der Waals surface area contributed by atoms with Crippen molar-refractivity contribution in [1.82, 2.24) is 14.7 Å². The van der Waals surface area contributed by atoms with Crippen molar-refractivity contribution < 1.29 is 9.53 Å². The molecule has 1 aromatic heterocycles. The van der Waals surface area contributed by atoms with E-state index in [4.69, 9.17) is 4.74 Å². The molecule has 0 bridgehead atoms. The van der Waals surface area contributed by atoms with E-state index in [1.807, 2.05) is 53.4 Å². The summed E-state index contributed by atoms with van der Waals surface area (Å²) < 4.78 is 7.06. The molecule has 6 nitrogen and oxygen atoms in total. The number of ether oxygens (including phenoxy) is 1. The molecule has 6 heteroatoms. The number of aromatic nitrogens is 2. The zero-order valence-corrected chi connectivity index (χ0v) is 16.8. The van der Waals surface area contributed by atoms with E-state index in [2.05, 4.69) is 12.0 Å². The van der Waals surface area contributed by atoms with Crippen LogP contribution in [0.2, 0.25) is 0 Å². The third-order valence-electron chi connectivity index (χ3n) is 5.58. The van der Waals surface area contributed by atoms with Crippen LogP contribution in [0.5, 0.6) is 5.75 Å². The molecule has 3 aromatic rings. The summed E-state index contributed by atoms with van der Waals surface area (Å²) in [5, 5.41) is 5.90. The van der Waals surface area contributed by atoms with Crippen LogP contribution in [0, 0.1) is 5.92 Å². The normalized spacial score (nSPS) is 14.9. The van der Waals surface area contributed by atoms with Crippen molar-refractivity contribution in [1.29, 1.82) is 0 Å². The van der Waals surface area contributed by atoms with Crippen molar-refractivity contribution in [3.63, 3.8) is 0 Å². The minimum Gasteiger partial charge on any atom is -0.484 e. The van der Waals surface area contributed by atoms with E-state index in [-0.39, 0.29) is 18.1 Å². The topological polar surface area (TPSA) is 64.4 Å². The van der Waals surface area contributed by atoms with E-state index in [0.717, 1.165) is 42.6 Å². The Hall–Kier alpha value is -3.15. The van der Waals surface area contributed by atoms with Crippen molar-refractivity contribution in [2.75, 3.05) is 19.7 Å². The predicted octanol–water partition coefficient (Wildman–Crippen LogP) is 3.24. The monoisotopic (exact) mass is 391 g/mol. The quantitative estimate of drug-likeness (QED) is 0.685. The molecule has 0 saturated carbocycles. The van der Waals surface area contributed by atoms with Crippen LogP contribution in [0.3, 0.4) is 0 Å². The highest BCUT2D eigenvalue weighted by Gasteiger charge is 2.20. The first-order valence-electron chi connectivity index (χ1n) is 10.00. The summed E-state index contributed by atoms with van der Waals surface area (Å²) in [5.41, 5.74) is 1.52. The van der Waals surface area contributed by atoms with Gasteiger partial charge < -0.3 is 9.64 Å². The molecule has 1 saturated heterocycles. The van der Waals surface area contributed by atoms with Crippen LogP contribution in [-0.2, 0) is 11.8 Å². The first kappa shape index (κ1) is 19.2. The number of benzene rings is 2. The summed E-state index contributed by atoms with van der Waals surface area (Å²) in [4.78, 5) is 26.5. The Morgan fingerprint density at radius 3 is 2.41 bits per heavy atom. The summed E-state index contributed by atoms with van der Waals surface area (Å²) in [6.07, 6.45) is 2.11. The number of carbonyl (C=O) groups excluding carboxylic acids is 1. The third-order valence-corrected chi connectivity index (χ3v) is 5.58. The molecule has 0 spiro atoms. The smallest absolute Gasteiger partial charge is 0.274 e. The Kier molecular flexibility index (Phi) is 5.34. The number of amides is 1. The van der Waals surface area contributed by atoms with Gasteiger partial charge in [-0.25, -0.2) is 4.68 Å². The number of rotatable bonds is 4. The van der Waals surface area contributed by atoms with Crippen LogP contribution >= 0.6 is 0 Å². The number of likely N-dealkylation sites (tertiary alicyclic amines) is 1. The number of piperidine rings is 1. The first-order chi connectivity index (χ1) is 14.0. The Balaban J connectivity index is 1.49. The van der Waals surface area contributed by atoms with E-state index in [1.165, 1.54) is 4.68 Å². The largest absolute Gasteiger partial charge is 0.484 e. The molecule has 150 valence electrons. The van der Waals surface area contributed by atoms with Gasteiger partial charge in [-0.3, -0.25) is 9.59 Å². The highest BCUT2D eigenvalue weighted by Crippen LogP contribution is 2.26. The van der Waals surface area contributed by atoms with Gasteiger partial charge in [-0.15, -0.1) is 0 Å². The molecule has 0 unspecified atom stereocenters. The Morgan fingerprint density at radius 2 is 1.72 bits per heavy atom. The van der Waals surface area contributed by atoms with Gasteiger partial charge in [-0.2, -0.15) is 5.10 Å². The SMILES string of the molecule is CC1CCN(C(=O)COc2ccc(-c3nn(C)c(=O)c4ccccc34)cc2)CC1. The minimum atomic E-state index is -0.116. The zero-order chi connectivity index (χ0) is 20.4.